The van der Waals surface area contributed by atoms with E-state index in [4.69, 9.17) is 0 Å². The number of rotatable bonds is 9. The molecule has 4 N–H and O–H groups in total. The zero-order valence-electron chi connectivity index (χ0n) is 29.0. The van der Waals surface area contributed by atoms with Crippen LogP contribution in [-0.2, 0) is 14.4 Å². The van der Waals surface area contributed by atoms with Gasteiger partial charge in [-0.3, -0.25) is 14.3 Å². The van der Waals surface area contributed by atoms with Crippen LogP contribution in [0.5, 0.6) is 0 Å². The molecular formula is C33H61N4O6+. The maximum atomic E-state index is 12.0. The molecule has 0 radical (unpaired) electrons. The lowest BCUT2D eigenvalue weighted by Crippen LogP contribution is -2.76. The van der Waals surface area contributed by atoms with Gasteiger partial charge in [0.05, 0.1) is 6.04 Å². The van der Waals surface area contributed by atoms with E-state index in [-0.39, 0.29) is 28.2 Å². The van der Waals surface area contributed by atoms with Crippen LogP contribution in [0.25, 0.3) is 0 Å². The summed E-state index contributed by atoms with van der Waals surface area (Å²) in [5, 5.41) is 33.3. The van der Waals surface area contributed by atoms with Gasteiger partial charge in [-0.15, -0.1) is 0 Å². The van der Waals surface area contributed by atoms with E-state index in [9.17, 15) is 29.7 Å². The lowest BCUT2D eigenvalue weighted by molar-refractivity contribution is -0.934. The van der Waals surface area contributed by atoms with Gasteiger partial charge < -0.3 is 20.6 Å². The first kappa shape index (κ1) is 35.7. The molecule has 248 valence electrons. The molecule has 3 heterocycles. The molecule has 3 fully saturated rings. The molecule has 3 aliphatic heterocycles. The lowest BCUT2D eigenvalue weighted by atomic mass is 9.67. The van der Waals surface area contributed by atoms with Gasteiger partial charge in [0.2, 0.25) is 0 Å². The largest absolute Gasteiger partial charge is 0.477 e. The first-order chi connectivity index (χ1) is 19.1. The van der Waals surface area contributed by atoms with Gasteiger partial charge in [0.15, 0.2) is 19.6 Å². The minimum absolute atomic E-state index is 0.0356. The van der Waals surface area contributed by atoms with E-state index in [2.05, 4.69) is 98.2 Å². The van der Waals surface area contributed by atoms with Crippen molar-refractivity contribution in [2.75, 3.05) is 19.6 Å². The van der Waals surface area contributed by atoms with Crippen LogP contribution in [0.15, 0.2) is 0 Å². The predicted octanol–water partition coefficient (Wildman–Crippen LogP) is 4.41. The van der Waals surface area contributed by atoms with Gasteiger partial charge in [-0.25, -0.2) is 14.4 Å². The highest BCUT2D eigenvalue weighted by atomic mass is 16.4. The van der Waals surface area contributed by atoms with Crippen molar-refractivity contribution in [3.05, 3.63) is 0 Å². The molecule has 0 atom stereocenters. The van der Waals surface area contributed by atoms with Crippen molar-refractivity contribution in [2.45, 2.75) is 173 Å². The van der Waals surface area contributed by atoms with E-state index in [0.717, 1.165) is 25.7 Å². The van der Waals surface area contributed by atoms with Crippen molar-refractivity contribution < 1.29 is 34.2 Å². The molecule has 0 saturated carbocycles. The van der Waals surface area contributed by atoms with Crippen LogP contribution < -0.4 is 5.32 Å². The maximum absolute atomic E-state index is 12.0. The molecule has 10 heteroatoms. The maximum Gasteiger partial charge on any atom is 0.359 e. The summed E-state index contributed by atoms with van der Waals surface area (Å²) in [5.74, 6) is -3.54. The third kappa shape index (κ3) is 7.74. The van der Waals surface area contributed by atoms with E-state index in [0.29, 0.717) is 18.9 Å². The molecule has 0 aromatic carbocycles. The monoisotopic (exact) mass is 609 g/mol. The van der Waals surface area contributed by atoms with E-state index in [1.54, 1.807) is 0 Å². The Bertz CT molecular complexity index is 1000. The topological polar surface area (TPSA) is 130 Å². The average Bonchev–Trinajstić information content (AvgIpc) is 2.65. The molecule has 0 aliphatic carbocycles. The summed E-state index contributed by atoms with van der Waals surface area (Å²) in [4.78, 5) is 41.5. The smallest absolute Gasteiger partial charge is 0.359 e. The number of nitrogens with zero attached hydrogens (tertiary/aromatic N) is 3. The van der Waals surface area contributed by atoms with Crippen molar-refractivity contribution in [1.82, 2.24) is 15.1 Å². The quantitative estimate of drug-likeness (QED) is 0.281. The highest BCUT2D eigenvalue weighted by Crippen LogP contribution is 2.51. The molecule has 3 aliphatic rings. The molecule has 0 spiro atoms. The molecule has 3 saturated heterocycles. The van der Waals surface area contributed by atoms with Crippen LogP contribution in [0.4, 0.5) is 0 Å². The fraction of sp³-hybridized carbons (Fsp3) is 0.909. The lowest BCUT2D eigenvalue weighted by Gasteiger charge is -2.67. The van der Waals surface area contributed by atoms with Gasteiger partial charge >= 0.3 is 17.9 Å². The second-order valence-corrected chi connectivity index (χ2v) is 17.9. The van der Waals surface area contributed by atoms with Gasteiger partial charge in [0.25, 0.3) is 0 Å². The van der Waals surface area contributed by atoms with Crippen LogP contribution in [0.1, 0.15) is 122 Å². The number of nitrogens with one attached hydrogen (secondary N) is 1. The van der Waals surface area contributed by atoms with Crippen molar-refractivity contribution in [3.8, 4) is 0 Å². The number of hydrogen-bond acceptors (Lipinski definition) is 6. The summed E-state index contributed by atoms with van der Waals surface area (Å²) in [6, 6.07) is 0.255. The van der Waals surface area contributed by atoms with Crippen molar-refractivity contribution in [3.63, 3.8) is 0 Å². The Morgan fingerprint density at radius 3 is 1.14 bits per heavy atom. The Morgan fingerprint density at radius 2 is 0.837 bits per heavy atom. The molecule has 0 aromatic rings. The summed E-state index contributed by atoms with van der Waals surface area (Å²) in [7, 11) is 0. The second kappa shape index (κ2) is 11.2. The summed E-state index contributed by atoms with van der Waals surface area (Å²) >= 11 is 0. The first-order valence-electron chi connectivity index (χ1n) is 16.0. The number of carboxylic acids is 3. The van der Waals surface area contributed by atoms with Crippen molar-refractivity contribution >= 4 is 17.9 Å². The third-order valence-corrected chi connectivity index (χ3v) is 10.6. The van der Waals surface area contributed by atoms with Crippen molar-refractivity contribution in [1.29, 1.82) is 0 Å². The Hall–Kier alpha value is -1.75. The van der Waals surface area contributed by atoms with Crippen LogP contribution >= 0.6 is 0 Å². The average molecular weight is 610 g/mol. The van der Waals surface area contributed by atoms with Gasteiger partial charge in [-0.1, -0.05) is 0 Å². The zero-order chi connectivity index (χ0) is 33.2. The van der Waals surface area contributed by atoms with Crippen LogP contribution in [0.2, 0.25) is 0 Å². The Balaban J connectivity index is 1.99. The van der Waals surface area contributed by atoms with E-state index in [1.165, 1.54) is 0 Å². The normalized spacial score (nSPS) is 27.9. The van der Waals surface area contributed by atoms with E-state index < -0.39 is 59.1 Å². The fourth-order valence-corrected chi connectivity index (χ4v) is 10.8. The molecular weight excluding hydrogens is 548 g/mol. The summed E-state index contributed by atoms with van der Waals surface area (Å²) < 4.78 is -0.489. The molecule has 0 aromatic heterocycles. The first-order valence-corrected chi connectivity index (χ1v) is 16.0. The van der Waals surface area contributed by atoms with Crippen LogP contribution in [-0.4, -0.2) is 119 Å². The number of likely N-dealkylation sites (tertiary alicyclic amines) is 2. The summed E-state index contributed by atoms with van der Waals surface area (Å²) in [5.41, 5.74) is -0.924. The molecule has 0 bridgehead atoms. The Labute approximate surface area is 259 Å². The number of hydrogen-bond donors (Lipinski definition) is 4. The number of carboxylic acid groups (broad SMARTS) is 3. The minimum atomic E-state index is -1.18. The Kier molecular flexibility index (Phi) is 9.34. The second-order valence-electron chi connectivity index (χ2n) is 17.9. The number of quaternary nitrogens is 1. The summed E-state index contributed by atoms with van der Waals surface area (Å²) in [6.07, 6.45) is 5.13. The SMILES string of the molecule is CC1(C)CC(N2C(C)(C)CC(N3C(C)(C)CC([N+](CC(=O)O)(CC(=O)O)CC(=O)O)CC3(C)C)CC2(C)C)CC(C)(C)N1. The van der Waals surface area contributed by atoms with Gasteiger partial charge in [-0.2, -0.15) is 0 Å². The number of piperidine rings is 3. The van der Waals surface area contributed by atoms with E-state index in [1.807, 2.05) is 0 Å². The molecule has 0 unspecified atom stereocenters. The predicted molar refractivity (Wildman–Crippen MR) is 168 cm³/mol. The molecule has 3 rings (SSSR count). The number of aliphatic carboxylic acids is 3. The molecule has 0 amide bonds. The third-order valence-electron chi connectivity index (χ3n) is 10.6. The minimum Gasteiger partial charge on any atom is -0.477 e. The van der Waals surface area contributed by atoms with Gasteiger partial charge in [0.1, 0.15) is 0 Å². The fourth-order valence-electron chi connectivity index (χ4n) is 10.8. The van der Waals surface area contributed by atoms with Crippen molar-refractivity contribution in [2.24, 2.45) is 0 Å². The zero-order valence-corrected chi connectivity index (χ0v) is 29.0. The molecule has 10 nitrogen and oxygen atoms in total. The van der Waals surface area contributed by atoms with E-state index >= 15 is 0 Å². The molecule has 43 heavy (non-hydrogen) atoms. The Morgan fingerprint density at radius 1 is 0.558 bits per heavy atom. The highest BCUT2D eigenvalue weighted by Gasteiger charge is 2.59. The van der Waals surface area contributed by atoms with Gasteiger partial charge in [-0.05, 0) is 109 Å². The van der Waals surface area contributed by atoms with Gasteiger partial charge in [0, 0.05) is 58.2 Å². The van der Waals surface area contributed by atoms with Crippen LogP contribution in [0.3, 0.4) is 0 Å². The summed E-state index contributed by atoms with van der Waals surface area (Å²) in [6.45, 7) is 25.8. The van der Waals surface area contributed by atoms with Crippen LogP contribution in [0, 0.1) is 0 Å². The standard InChI is InChI=1S/C33H60N4O6/c1-28(2)13-22(14-29(3,4)34-28)35-30(5,6)15-23(16-31(35,7)8)36-32(9,10)17-24(18-33(36,11)12)37(19-25(38)39,20-26(40)41)21-27(42)43/h22-24,34H,13-21H2,1-12H3,(H2-,38,39,40,41,42,43)/p+1. The number of carbonyl (C=O) groups is 3. The highest BCUT2D eigenvalue weighted by molar-refractivity contribution is 5.73.